The quantitative estimate of drug-likeness (QED) is 0.133. The fourth-order valence-corrected chi connectivity index (χ4v) is 9.11. The number of aromatic nitrogens is 4. The third-order valence-electron chi connectivity index (χ3n) is 9.92. The lowest BCUT2D eigenvalue weighted by Gasteiger charge is -2.47. The minimum Gasteiger partial charge on any atom is -0.475 e. The van der Waals surface area contributed by atoms with Gasteiger partial charge in [0.05, 0.1) is 24.6 Å². The molecule has 1 aromatic heterocycles. The maximum Gasteiger partial charge on any atom is 0.378 e. The van der Waals surface area contributed by atoms with Crippen LogP contribution >= 0.6 is 11.8 Å². The monoisotopic (exact) mass is 631 g/mol. The second-order valence-electron chi connectivity index (χ2n) is 12.6. The molecule has 4 saturated heterocycles. The number of hydrogen-bond acceptors (Lipinski definition) is 12. The number of Topliss-reactive ketones (excluding diaryl/α,β-unsaturated/α-hetero) is 1. The van der Waals surface area contributed by atoms with E-state index in [1.54, 1.807) is 6.92 Å². The van der Waals surface area contributed by atoms with Crippen LogP contribution in [-0.4, -0.2) is 132 Å². The number of ketones is 1. The van der Waals surface area contributed by atoms with Crippen LogP contribution in [0.15, 0.2) is 16.9 Å². The van der Waals surface area contributed by atoms with Crippen molar-refractivity contribution in [2.24, 2.45) is 23.2 Å². The number of aliphatic carboxylic acids is 1. The Morgan fingerprint density at radius 2 is 2.07 bits per heavy atom. The van der Waals surface area contributed by atoms with Gasteiger partial charge in [-0.25, -0.2) is 9.48 Å². The van der Waals surface area contributed by atoms with Crippen molar-refractivity contribution < 1.29 is 34.2 Å². The standard InChI is InChI=1S/C27H37N9O7S/c1-13-20-19(14(2)31-18(38)8-35-12-30-32-33-35)25(41)36(20)21(22(39)26(42)43)23(13)44-16-5-17(29-7-16)24(40)34-4-3-15-6-28-9-27(15,10-34)11-37/h12-17,19-20,28-29,37H,3-11H2,1-2H3,(H,31,38)(H,42,43)/t13-,14-,15?,16+,17+,19-,20-,27?/m1/s1. The summed E-state index contributed by atoms with van der Waals surface area (Å²) in [5.41, 5.74) is -0.443. The molecule has 238 valence electrons. The van der Waals surface area contributed by atoms with E-state index in [0.29, 0.717) is 43.4 Å². The number of aliphatic hydroxyl groups excluding tert-OH is 1. The van der Waals surface area contributed by atoms with Crippen LogP contribution in [-0.2, 0) is 30.5 Å². The average molecular weight is 632 g/mol. The fourth-order valence-electron chi connectivity index (χ4n) is 7.62. The Morgan fingerprint density at radius 1 is 1.27 bits per heavy atom. The molecule has 3 amide bonds. The molecule has 0 bridgehead atoms. The number of aliphatic hydroxyl groups is 1. The van der Waals surface area contributed by atoms with E-state index in [1.807, 2.05) is 11.8 Å². The Bertz CT molecular complexity index is 1390. The van der Waals surface area contributed by atoms with E-state index in [1.165, 1.54) is 27.7 Å². The van der Waals surface area contributed by atoms with E-state index >= 15 is 0 Å². The number of amides is 3. The number of carboxylic acid groups (broad SMARTS) is 1. The molecule has 8 atom stereocenters. The highest BCUT2D eigenvalue weighted by Gasteiger charge is 2.61. The summed E-state index contributed by atoms with van der Waals surface area (Å²) in [6.07, 6.45) is 2.61. The van der Waals surface area contributed by atoms with Crippen molar-refractivity contribution in [3.8, 4) is 0 Å². The van der Waals surface area contributed by atoms with E-state index in [-0.39, 0.29) is 41.3 Å². The second kappa shape index (κ2) is 11.8. The molecular weight excluding hydrogens is 594 g/mol. The smallest absolute Gasteiger partial charge is 0.378 e. The van der Waals surface area contributed by atoms with E-state index in [4.69, 9.17) is 0 Å². The largest absolute Gasteiger partial charge is 0.475 e. The van der Waals surface area contributed by atoms with Crippen molar-refractivity contribution in [2.45, 2.75) is 56.6 Å². The number of nitrogens with one attached hydrogen (secondary N) is 3. The van der Waals surface area contributed by atoms with Crippen LogP contribution in [0.3, 0.4) is 0 Å². The number of nitrogens with zero attached hydrogens (tertiary/aromatic N) is 6. The number of tetrazole rings is 1. The predicted molar refractivity (Wildman–Crippen MR) is 153 cm³/mol. The number of hydrogen-bond donors (Lipinski definition) is 5. The molecule has 5 aliphatic heterocycles. The summed E-state index contributed by atoms with van der Waals surface area (Å²) in [6, 6.07) is -1.52. The molecule has 4 fully saturated rings. The maximum absolute atomic E-state index is 13.5. The molecule has 0 radical (unpaired) electrons. The lowest BCUT2D eigenvalue weighted by Crippen LogP contribution is -2.66. The number of likely N-dealkylation sites (tertiary alicyclic amines) is 1. The first-order valence-corrected chi connectivity index (χ1v) is 15.8. The van der Waals surface area contributed by atoms with Gasteiger partial charge in [-0.1, -0.05) is 6.92 Å². The number of piperidine rings is 1. The summed E-state index contributed by atoms with van der Waals surface area (Å²) >= 11 is 1.35. The first kappa shape index (κ1) is 30.6. The third-order valence-corrected chi connectivity index (χ3v) is 11.4. The highest BCUT2D eigenvalue weighted by Crippen LogP contribution is 2.52. The van der Waals surface area contributed by atoms with Crippen LogP contribution in [0.4, 0.5) is 0 Å². The minimum atomic E-state index is -1.65. The molecule has 0 aromatic carbocycles. The van der Waals surface area contributed by atoms with E-state index in [0.717, 1.165) is 13.0 Å². The van der Waals surface area contributed by atoms with Crippen molar-refractivity contribution in [2.75, 3.05) is 39.3 Å². The number of β-lactam (4-membered cyclic amide) rings is 1. The molecule has 6 rings (SSSR count). The van der Waals surface area contributed by atoms with Gasteiger partial charge in [0, 0.05) is 53.7 Å². The van der Waals surface area contributed by atoms with Crippen molar-refractivity contribution >= 4 is 41.2 Å². The molecule has 1 aromatic rings. The first-order valence-electron chi connectivity index (χ1n) is 14.9. The van der Waals surface area contributed by atoms with Gasteiger partial charge in [-0.3, -0.25) is 19.2 Å². The Labute approximate surface area is 257 Å². The first-order chi connectivity index (χ1) is 21.0. The fraction of sp³-hybridized carbons (Fsp3) is 0.704. The van der Waals surface area contributed by atoms with Crippen molar-refractivity contribution in [1.29, 1.82) is 0 Å². The second-order valence-corrected chi connectivity index (χ2v) is 13.9. The number of thioether (sulfide) groups is 1. The summed E-state index contributed by atoms with van der Waals surface area (Å²) in [6.45, 7) is 6.59. The molecule has 0 aliphatic carbocycles. The van der Waals surface area contributed by atoms with Crippen molar-refractivity contribution in [3.63, 3.8) is 0 Å². The lowest BCUT2D eigenvalue weighted by molar-refractivity contribution is -0.158. The molecule has 6 heterocycles. The summed E-state index contributed by atoms with van der Waals surface area (Å²) in [4.78, 5) is 67.8. The van der Waals surface area contributed by atoms with Gasteiger partial charge in [-0.15, -0.1) is 16.9 Å². The van der Waals surface area contributed by atoms with Crippen LogP contribution < -0.4 is 16.0 Å². The Balaban J connectivity index is 1.13. The summed E-state index contributed by atoms with van der Waals surface area (Å²) < 4.78 is 1.25. The third kappa shape index (κ3) is 5.18. The highest BCUT2D eigenvalue weighted by atomic mass is 32.2. The molecule has 0 saturated carbocycles. The number of carbonyl (C=O) groups excluding carboxylic acids is 4. The zero-order valence-electron chi connectivity index (χ0n) is 24.5. The van der Waals surface area contributed by atoms with Crippen molar-refractivity contribution in [1.82, 2.24) is 46.0 Å². The molecule has 5 aliphatic rings. The van der Waals surface area contributed by atoms with Crippen LogP contribution in [0.2, 0.25) is 0 Å². The van der Waals surface area contributed by atoms with Crippen molar-refractivity contribution in [3.05, 3.63) is 16.9 Å². The van der Waals surface area contributed by atoms with E-state index in [9.17, 15) is 34.2 Å². The Morgan fingerprint density at radius 3 is 2.77 bits per heavy atom. The molecular formula is C27H37N9O7S. The summed E-state index contributed by atoms with van der Waals surface area (Å²) in [7, 11) is 0. The molecule has 0 spiro atoms. The highest BCUT2D eigenvalue weighted by molar-refractivity contribution is 8.03. The summed E-state index contributed by atoms with van der Waals surface area (Å²) in [5, 5.41) is 39.7. The Hall–Kier alpha value is -3.41. The van der Waals surface area contributed by atoms with Crippen LogP contribution in [0.1, 0.15) is 26.7 Å². The lowest BCUT2D eigenvalue weighted by atomic mass is 9.74. The number of rotatable bonds is 10. The average Bonchev–Trinajstić information content (AvgIpc) is 3.79. The van der Waals surface area contributed by atoms with Gasteiger partial charge in [-0.05, 0) is 42.7 Å². The normalized spacial score (nSPS) is 33.6. The van der Waals surface area contributed by atoms with E-state index in [2.05, 4.69) is 31.5 Å². The Kier molecular flexibility index (Phi) is 8.23. The van der Waals surface area contributed by atoms with Gasteiger partial charge in [-0.2, -0.15) is 0 Å². The van der Waals surface area contributed by atoms with Gasteiger partial charge in [0.25, 0.3) is 5.78 Å². The molecule has 17 heteroatoms. The van der Waals surface area contributed by atoms with Gasteiger partial charge >= 0.3 is 5.97 Å². The number of fused-ring (bicyclic) bond motifs is 2. The van der Waals surface area contributed by atoms with Gasteiger partial charge in [0.1, 0.15) is 18.6 Å². The number of carbonyl (C=O) groups is 5. The SMILES string of the molecule is C[C@@H](NC(=O)Cn1cnnn1)[C@H]1C(=O)N2C(C(=O)C(=O)O)=C(S[C@@H]3CN[C@H](C(=O)N4CCC5CNCC5(CO)C4)C3)[C@H](C)[C@H]12. The number of carboxylic acids is 1. The minimum absolute atomic E-state index is 0.0214. The van der Waals surface area contributed by atoms with Crippen LogP contribution in [0.5, 0.6) is 0 Å². The molecule has 2 unspecified atom stereocenters. The van der Waals surface area contributed by atoms with E-state index < -0.39 is 47.6 Å². The molecule has 5 N–H and O–H groups in total. The zero-order chi connectivity index (χ0) is 31.3. The molecule has 16 nitrogen and oxygen atoms in total. The maximum atomic E-state index is 13.5. The van der Waals surface area contributed by atoms with Gasteiger partial charge in [0.2, 0.25) is 17.7 Å². The van der Waals surface area contributed by atoms with Crippen LogP contribution in [0, 0.1) is 23.2 Å². The summed E-state index contributed by atoms with van der Waals surface area (Å²) in [5.74, 6) is -4.29. The zero-order valence-corrected chi connectivity index (χ0v) is 25.3. The predicted octanol–water partition coefficient (Wildman–Crippen LogP) is -2.59. The molecule has 44 heavy (non-hydrogen) atoms. The topological polar surface area (TPSA) is 212 Å². The van der Waals surface area contributed by atoms with Crippen LogP contribution in [0.25, 0.3) is 0 Å². The van der Waals surface area contributed by atoms with Gasteiger partial charge in [0.15, 0.2) is 0 Å². The van der Waals surface area contributed by atoms with Gasteiger partial charge < -0.3 is 36.0 Å².